The number of rotatable bonds is 5. The maximum Gasteiger partial charge on any atom is 0.278 e. The van der Waals surface area contributed by atoms with Crippen molar-refractivity contribution < 1.29 is 9.59 Å². The molecule has 7 heteroatoms. The number of para-hydroxylation sites is 1. The smallest absolute Gasteiger partial charge is 0.278 e. The zero-order valence-corrected chi connectivity index (χ0v) is 17.2. The highest BCUT2D eigenvalue weighted by Crippen LogP contribution is 2.28. The van der Waals surface area contributed by atoms with Crippen LogP contribution in [-0.4, -0.2) is 47.0 Å². The molecule has 3 aromatic rings. The van der Waals surface area contributed by atoms with E-state index in [4.69, 9.17) is 0 Å². The third kappa shape index (κ3) is 4.40. The Hall–Kier alpha value is -2.93. The van der Waals surface area contributed by atoms with Crippen LogP contribution in [0.15, 0.2) is 53.2 Å². The van der Waals surface area contributed by atoms with Crippen LogP contribution < -0.4 is 4.90 Å². The summed E-state index contributed by atoms with van der Waals surface area (Å²) in [5, 5.41) is 11.3. The van der Waals surface area contributed by atoms with Crippen molar-refractivity contribution in [3.63, 3.8) is 0 Å². The van der Waals surface area contributed by atoms with Gasteiger partial charge in [0.25, 0.3) is 5.91 Å². The zero-order valence-electron chi connectivity index (χ0n) is 16.4. The van der Waals surface area contributed by atoms with E-state index in [0.29, 0.717) is 12.1 Å². The van der Waals surface area contributed by atoms with Gasteiger partial charge in [-0.1, -0.05) is 18.2 Å². The number of hydrogen-bond acceptors (Lipinski definition) is 4. The van der Waals surface area contributed by atoms with Crippen molar-refractivity contribution in [3.8, 4) is 0 Å². The molecule has 2 amide bonds. The van der Waals surface area contributed by atoms with Gasteiger partial charge in [-0.05, 0) is 53.4 Å². The second-order valence-corrected chi connectivity index (χ2v) is 8.15. The van der Waals surface area contributed by atoms with Gasteiger partial charge >= 0.3 is 0 Å². The van der Waals surface area contributed by atoms with Crippen LogP contribution in [0, 0.1) is 0 Å². The van der Waals surface area contributed by atoms with E-state index in [-0.39, 0.29) is 17.7 Å². The summed E-state index contributed by atoms with van der Waals surface area (Å²) >= 11 is 1.62. The van der Waals surface area contributed by atoms with Crippen molar-refractivity contribution in [2.24, 2.45) is 0 Å². The van der Waals surface area contributed by atoms with Gasteiger partial charge in [0, 0.05) is 37.4 Å². The van der Waals surface area contributed by atoms with Gasteiger partial charge in [-0.25, -0.2) is 0 Å². The van der Waals surface area contributed by atoms with Gasteiger partial charge in [-0.3, -0.25) is 14.7 Å². The molecule has 29 heavy (non-hydrogen) atoms. The predicted octanol–water partition coefficient (Wildman–Crippen LogP) is 3.70. The maximum absolute atomic E-state index is 12.7. The number of carbonyl (C=O) groups excluding carboxylic acids is 2. The number of piperidine rings is 1. The third-order valence-electron chi connectivity index (χ3n) is 5.49. The first kappa shape index (κ1) is 19.4. The number of hydrogen-bond donors (Lipinski definition) is 1. The molecule has 0 atom stereocenters. The second-order valence-electron chi connectivity index (χ2n) is 7.37. The molecule has 1 fully saturated rings. The average molecular weight is 409 g/mol. The highest BCUT2D eigenvalue weighted by molar-refractivity contribution is 7.08. The lowest BCUT2D eigenvalue weighted by Crippen LogP contribution is -2.38. The number of benzene rings is 1. The summed E-state index contributed by atoms with van der Waals surface area (Å²) in [5.41, 5.74) is 3.31. The summed E-state index contributed by atoms with van der Waals surface area (Å²) in [4.78, 5) is 28.7. The number of nitrogens with zero attached hydrogens (tertiary/aromatic N) is 3. The van der Waals surface area contributed by atoms with E-state index in [0.717, 1.165) is 42.9 Å². The van der Waals surface area contributed by atoms with E-state index in [1.807, 2.05) is 58.1 Å². The first-order valence-corrected chi connectivity index (χ1v) is 10.7. The van der Waals surface area contributed by atoms with Gasteiger partial charge in [0.2, 0.25) is 5.91 Å². The Kier molecular flexibility index (Phi) is 5.76. The SMILES string of the molecule is CN(C(=O)c1cc(C2CCN(C(=O)Cc3ccsc3)CC2)[nH]n1)c1ccccc1. The standard InChI is InChI=1S/C22H24N4O2S/c1-25(18-5-3-2-4-6-18)22(28)20-14-19(23-24-20)17-7-10-26(11-8-17)21(27)13-16-9-12-29-15-16/h2-6,9,12,14-15,17H,7-8,10-11,13H2,1H3,(H,23,24). The van der Waals surface area contributed by atoms with E-state index in [2.05, 4.69) is 10.2 Å². The lowest BCUT2D eigenvalue weighted by Gasteiger charge is -2.31. The summed E-state index contributed by atoms with van der Waals surface area (Å²) in [6.45, 7) is 1.47. The van der Waals surface area contributed by atoms with Crippen LogP contribution in [0.2, 0.25) is 0 Å². The van der Waals surface area contributed by atoms with Gasteiger partial charge in [-0.2, -0.15) is 16.4 Å². The van der Waals surface area contributed by atoms with Crippen molar-refractivity contribution in [1.82, 2.24) is 15.1 Å². The highest BCUT2D eigenvalue weighted by atomic mass is 32.1. The molecule has 0 saturated carbocycles. The number of nitrogens with one attached hydrogen (secondary N) is 1. The minimum atomic E-state index is -0.137. The Morgan fingerprint density at radius 3 is 2.66 bits per heavy atom. The molecule has 2 aromatic heterocycles. The summed E-state index contributed by atoms with van der Waals surface area (Å²) < 4.78 is 0. The van der Waals surface area contributed by atoms with Crippen LogP contribution in [0.1, 0.15) is 40.5 Å². The predicted molar refractivity (Wildman–Crippen MR) is 114 cm³/mol. The Balaban J connectivity index is 1.34. The number of thiophene rings is 1. The molecule has 0 unspecified atom stereocenters. The molecule has 0 radical (unpaired) electrons. The van der Waals surface area contributed by atoms with Crippen LogP contribution in [0.3, 0.4) is 0 Å². The molecule has 1 aromatic carbocycles. The summed E-state index contributed by atoms with van der Waals surface area (Å²) in [6, 6.07) is 13.4. The largest absolute Gasteiger partial charge is 0.342 e. The van der Waals surface area contributed by atoms with Crippen LogP contribution in [0.25, 0.3) is 0 Å². The number of carbonyl (C=O) groups is 2. The van der Waals surface area contributed by atoms with Crippen molar-refractivity contribution >= 4 is 28.8 Å². The van der Waals surface area contributed by atoms with Crippen LogP contribution >= 0.6 is 11.3 Å². The van der Waals surface area contributed by atoms with Crippen molar-refractivity contribution in [2.75, 3.05) is 25.0 Å². The van der Waals surface area contributed by atoms with Crippen molar-refractivity contribution in [3.05, 3.63) is 70.2 Å². The molecule has 1 N–H and O–H groups in total. The molecule has 6 nitrogen and oxygen atoms in total. The third-order valence-corrected chi connectivity index (χ3v) is 6.22. The first-order chi connectivity index (χ1) is 14.1. The molecule has 0 bridgehead atoms. The number of H-pyrrole nitrogens is 1. The van der Waals surface area contributed by atoms with Gasteiger partial charge in [0.05, 0.1) is 6.42 Å². The molecule has 150 valence electrons. The Morgan fingerprint density at radius 1 is 1.21 bits per heavy atom. The number of aromatic nitrogens is 2. The zero-order chi connectivity index (χ0) is 20.2. The second kappa shape index (κ2) is 8.61. The molecule has 0 spiro atoms. The topological polar surface area (TPSA) is 69.3 Å². The minimum Gasteiger partial charge on any atom is -0.342 e. The average Bonchev–Trinajstić information content (AvgIpc) is 3.46. The van der Waals surface area contributed by atoms with Crippen LogP contribution in [0.4, 0.5) is 5.69 Å². The summed E-state index contributed by atoms with van der Waals surface area (Å²) in [6.07, 6.45) is 2.22. The van der Waals surface area contributed by atoms with E-state index in [9.17, 15) is 9.59 Å². The van der Waals surface area contributed by atoms with E-state index in [1.165, 1.54) is 0 Å². The van der Waals surface area contributed by atoms with Gasteiger partial charge < -0.3 is 9.80 Å². The molecular weight excluding hydrogens is 384 g/mol. The Morgan fingerprint density at radius 2 is 1.97 bits per heavy atom. The first-order valence-electron chi connectivity index (χ1n) is 9.79. The molecular formula is C22H24N4O2S. The molecule has 0 aliphatic carbocycles. The fourth-order valence-electron chi connectivity index (χ4n) is 3.72. The number of anilines is 1. The van der Waals surface area contributed by atoms with Gasteiger partial charge in [-0.15, -0.1) is 0 Å². The van der Waals surface area contributed by atoms with E-state index < -0.39 is 0 Å². The maximum atomic E-state index is 12.7. The normalized spacial score (nSPS) is 14.7. The fraction of sp³-hybridized carbons (Fsp3) is 0.318. The van der Waals surface area contributed by atoms with E-state index >= 15 is 0 Å². The molecule has 1 aliphatic heterocycles. The number of aromatic amines is 1. The number of amides is 2. The summed E-state index contributed by atoms with van der Waals surface area (Å²) in [7, 11) is 1.75. The fourth-order valence-corrected chi connectivity index (χ4v) is 4.38. The van der Waals surface area contributed by atoms with Crippen LogP contribution in [0.5, 0.6) is 0 Å². The summed E-state index contributed by atoms with van der Waals surface area (Å²) in [5.74, 6) is 0.338. The minimum absolute atomic E-state index is 0.137. The Labute approximate surface area is 174 Å². The van der Waals surface area contributed by atoms with Crippen LogP contribution in [-0.2, 0) is 11.2 Å². The quantitative estimate of drug-likeness (QED) is 0.700. The monoisotopic (exact) mass is 408 g/mol. The van der Waals surface area contributed by atoms with E-state index in [1.54, 1.807) is 23.3 Å². The lowest BCUT2D eigenvalue weighted by atomic mass is 9.93. The lowest BCUT2D eigenvalue weighted by molar-refractivity contribution is -0.131. The molecule has 1 aliphatic rings. The van der Waals surface area contributed by atoms with Gasteiger partial charge in [0.1, 0.15) is 0 Å². The highest BCUT2D eigenvalue weighted by Gasteiger charge is 2.26. The molecule has 3 heterocycles. The molecule has 1 saturated heterocycles. The van der Waals surface area contributed by atoms with Gasteiger partial charge in [0.15, 0.2) is 5.69 Å². The van der Waals surface area contributed by atoms with Crippen molar-refractivity contribution in [1.29, 1.82) is 0 Å². The molecule has 4 rings (SSSR count). The van der Waals surface area contributed by atoms with Crippen molar-refractivity contribution in [2.45, 2.75) is 25.2 Å². The Bertz CT molecular complexity index is 960. The number of likely N-dealkylation sites (tertiary alicyclic amines) is 1.